The summed E-state index contributed by atoms with van der Waals surface area (Å²) in [4.78, 5) is 16.6. The second-order valence-electron chi connectivity index (χ2n) is 4.15. The number of pyridine rings is 1. The van der Waals surface area contributed by atoms with E-state index >= 15 is 0 Å². The predicted octanol–water partition coefficient (Wildman–Crippen LogP) is 1.78. The van der Waals surface area contributed by atoms with Crippen molar-refractivity contribution in [2.24, 2.45) is 0 Å². The van der Waals surface area contributed by atoms with Gasteiger partial charge in [0.15, 0.2) is 0 Å². The van der Waals surface area contributed by atoms with E-state index in [1.54, 1.807) is 31.3 Å². The van der Waals surface area contributed by atoms with Gasteiger partial charge in [-0.2, -0.15) is 0 Å². The van der Waals surface area contributed by atoms with E-state index in [-0.39, 0.29) is 12.5 Å². The van der Waals surface area contributed by atoms with Crippen molar-refractivity contribution in [2.75, 3.05) is 6.54 Å². The molecule has 0 aliphatic rings. The molecule has 2 aromatic heterocycles. The highest BCUT2D eigenvalue weighted by atomic mass is 32.1. The van der Waals surface area contributed by atoms with Crippen LogP contribution >= 0.6 is 11.3 Å². The molecule has 0 aliphatic carbocycles. The van der Waals surface area contributed by atoms with Gasteiger partial charge in [-0.25, -0.2) is 0 Å². The predicted molar refractivity (Wildman–Crippen MR) is 70.5 cm³/mol. The fourth-order valence-corrected chi connectivity index (χ4v) is 2.30. The van der Waals surface area contributed by atoms with Gasteiger partial charge in [-0.3, -0.25) is 9.78 Å². The smallest absolute Gasteiger partial charge is 0.269 e. The molecule has 2 N–H and O–H groups in total. The number of amides is 1. The average molecular weight is 262 g/mol. The van der Waals surface area contributed by atoms with E-state index in [1.807, 2.05) is 17.5 Å². The number of nitrogens with zero attached hydrogens (tertiary/aromatic N) is 1. The first-order valence-electron chi connectivity index (χ1n) is 5.55. The van der Waals surface area contributed by atoms with Gasteiger partial charge in [-0.1, -0.05) is 12.1 Å². The summed E-state index contributed by atoms with van der Waals surface area (Å²) in [5, 5.41) is 14.8. The first-order chi connectivity index (χ1) is 8.59. The van der Waals surface area contributed by atoms with Crippen molar-refractivity contribution in [3.8, 4) is 0 Å². The second-order valence-corrected chi connectivity index (χ2v) is 5.10. The normalized spacial score (nSPS) is 13.9. The Hall–Kier alpha value is -1.72. The molecule has 0 aromatic carbocycles. The molecule has 0 saturated heterocycles. The maximum Gasteiger partial charge on any atom is 0.269 e. The highest BCUT2D eigenvalue weighted by Crippen LogP contribution is 2.24. The Kier molecular flexibility index (Phi) is 3.74. The van der Waals surface area contributed by atoms with Gasteiger partial charge in [0, 0.05) is 11.1 Å². The lowest BCUT2D eigenvalue weighted by molar-refractivity contribution is 0.0555. The summed E-state index contributed by atoms with van der Waals surface area (Å²) in [5.74, 6) is -0.285. The van der Waals surface area contributed by atoms with E-state index in [1.165, 1.54) is 11.3 Å². The number of carbonyl (C=O) groups excluding carboxylic acids is 1. The van der Waals surface area contributed by atoms with E-state index in [9.17, 15) is 9.90 Å². The molecule has 0 saturated carbocycles. The van der Waals surface area contributed by atoms with Crippen LogP contribution in [0.2, 0.25) is 0 Å². The maximum absolute atomic E-state index is 11.8. The third kappa shape index (κ3) is 2.94. The quantitative estimate of drug-likeness (QED) is 0.883. The third-order valence-corrected chi connectivity index (χ3v) is 3.67. The highest BCUT2D eigenvalue weighted by Gasteiger charge is 2.25. The zero-order valence-corrected chi connectivity index (χ0v) is 10.8. The van der Waals surface area contributed by atoms with Crippen LogP contribution in [0.3, 0.4) is 0 Å². The SMILES string of the molecule is C[C@@](O)(CNC(=O)c1ccccn1)c1cccs1. The van der Waals surface area contributed by atoms with Crippen LogP contribution in [0.5, 0.6) is 0 Å². The average Bonchev–Trinajstić information content (AvgIpc) is 2.92. The van der Waals surface area contributed by atoms with Gasteiger partial charge >= 0.3 is 0 Å². The minimum absolute atomic E-state index is 0.156. The molecule has 5 heteroatoms. The summed E-state index contributed by atoms with van der Waals surface area (Å²) in [6, 6.07) is 8.85. The van der Waals surface area contributed by atoms with Gasteiger partial charge in [0.25, 0.3) is 5.91 Å². The zero-order chi connectivity index (χ0) is 13.0. The summed E-state index contributed by atoms with van der Waals surface area (Å²) in [7, 11) is 0. The molecule has 0 radical (unpaired) electrons. The van der Waals surface area contributed by atoms with E-state index in [0.29, 0.717) is 5.69 Å². The number of thiophene rings is 1. The number of aromatic nitrogens is 1. The molecule has 0 aliphatic heterocycles. The zero-order valence-electron chi connectivity index (χ0n) is 9.96. The van der Waals surface area contributed by atoms with Crippen molar-refractivity contribution in [1.29, 1.82) is 0 Å². The lowest BCUT2D eigenvalue weighted by Gasteiger charge is -2.22. The number of rotatable bonds is 4. The largest absolute Gasteiger partial charge is 0.383 e. The Labute approximate surface area is 109 Å². The number of nitrogens with one attached hydrogen (secondary N) is 1. The fraction of sp³-hybridized carbons (Fsp3) is 0.231. The van der Waals surface area contributed by atoms with Crippen molar-refractivity contribution < 1.29 is 9.90 Å². The minimum atomic E-state index is -1.06. The second kappa shape index (κ2) is 5.29. The van der Waals surface area contributed by atoms with Gasteiger partial charge in [-0.05, 0) is 30.5 Å². The summed E-state index contributed by atoms with van der Waals surface area (Å²) in [6.45, 7) is 1.83. The molecule has 94 valence electrons. The first-order valence-corrected chi connectivity index (χ1v) is 6.43. The standard InChI is InChI=1S/C13H14N2O2S/c1-13(17,11-6-4-8-18-11)9-15-12(16)10-5-2-3-7-14-10/h2-8,17H,9H2,1H3,(H,15,16)/t13-/m1/s1. The summed E-state index contributed by atoms with van der Waals surface area (Å²) in [5.41, 5.74) is -0.710. The molecule has 18 heavy (non-hydrogen) atoms. The van der Waals surface area contributed by atoms with Crippen LogP contribution < -0.4 is 5.32 Å². The minimum Gasteiger partial charge on any atom is -0.383 e. The van der Waals surface area contributed by atoms with Crippen molar-refractivity contribution in [1.82, 2.24) is 10.3 Å². The Balaban J connectivity index is 1.98. The van der Waals surface area contributed by atoms with E-state index in [0.717, 1.165) is 4.88 Å². The highest BCUT2D eigenvalue weighted by molar-refractivity contribution is 7.10. The molecule has 0 spiro atoms. The molecule has 1 amide bonds. The maximum atomic E-state index is 11.8. The fourth-order valence-electron chi connectivity index (χ4n) is 1.51. The van der Waals surface area contributed by atoms with E-state index < -0.39 is 5.60 Å². The Bertz CT molecular complexity index is 509. The molecule has 0 unspecified atom stereocenters. The number of carbonyl (C=O) groups is 1. The van der Waals surface area contributed by atoms with Crippen LogP contribution in [-0.2, 0) is 5.60 Å². The lowest BCUT2D eigenvalue weighted by Crippen LogP contribution is -2.38. The number of hydrogen-bond donors (Lipinski definition) is 2. The van der Waals surface area contributed by atoms with Crippen LogP contribution in [0.1, 0.15) is 22.3 Å². The Morgan fingerprint density at radius 3 is 2.89 bits per heavy atom. The van der Waals surface area contributed by atoms with Crippen molar-refractivity contribution >= 4 is 17.2 Å². The lowest BCUT2D eigenvalue weighted by atomic mass is 10.1. The van der Waals surface area contributed by atoms with Gasteiger partial charge < -0.3 is 10.4 Å². The molecule has 0 bridgehead atoms. The van der Waals surface area contributed by atoms with Gasteiger partial charge in [0.1, 0.15) is 11.3 Å². The number of aliphatic hydroxyl groups is 1. The monoisotopic (exact) mass is 262 g/mol. The van der Waals surface area contributed by atoms with Crippen molar-refractivity contribution in [2.45, 2.75) is 12.5 Å². The molecule has 4 nitrogen and oxygen atoms in total. The van der Waals surface area contributed by atoms with Crippen LogP contribution in [0, 0.1) is 0 Å². The number of hydrogen-bond acceptors (Lipinski definition) is 4. The molecular weight excluding hydrogens is 248 g/mol. The first kappa shape index (κ1) is 12.7. The molecular formula is C13H14N2O2S. The van der Waals surface area contributed by atoms with E-state index in [4.69, 9.17) is 0 Å². The Morgan fingerprint density at radius 1 is 1.44 bits per heavy atom. The van der Waals surface area contributed by atoms with Crippen molar-refractivity contribution in [3.05, 3.63) is 52.5 Å². The molecule has 0 fully saturated rings. The molecule has 2 rings (SSSR count). The van der Waals surface area contributed by atoms with Gasteiger partial charge in [0.05, 0.1) is 6.54 Å². The summed E-state index contributed by atoms with van der Waals surface area (Å²) in [6.07, 6.45) is 1.56. The van der Waals surface area contributed by atoms with Crippen LogP contribution in [0.25, 0.3) is 0 Å². The summed E-state index contributed by atoms with van der Waals surface area (Å²) < 4.78 is 0. The Morgan fingerprint density at radius 2 is 2.28 bits per heavy atom. The van der Waals surface area contributed by atoms with Crippen LogP contribution in [-0.4, -0.2) is 22.5 Å². The third-order valence-electron chi connectivity index (χ3n) is 2.54. The molecule has 2 heterocycles. The van der Waals surface area contributed by atoms with Crippen LogP contribution in [0.4, 0.5) is 0 Å². The van der Waals surface area contributed by atoms with Crippen molar-refractivity contribution in [3.63, 3.8) is 0 Å². The van der Waals surface area contributed by atoms with Gasteiger partial charge in [0.2, 0.25) is 0 Å². The van der Waals surface area contributed by atoms with Crippen LogP contribution in [0.15, 0.2) is 41.9 Å². The van der Waals surface area contributed by atoms with Gasteiger partial charge in [-0.15, -0.1) is 11.3 Å². The van der Waals surface area contributed by atoms with E-state index in [2.05, 4.69) is 10.3 Å². The topological polar surface area (TPSA) is 62.2 Å². The summed E-state index contributed by atoms with van der Waals surface area (Å²) >= 11 is 1.46. The molecule has 1 atom stereocenters. The molecule has 2 aromatic rings.